The molecule has 0 aliphatic rings. The number of carboxylic acid groups (broad SMARTS) is 1. The number of Topliss-reactive ketones (excluding diaryl/α,β-unsaturated/α-hetero) is 1. The zero-order chi connectivity index (χ0) is 19.4. The van der Waals surface area contributed by atoms with Crippen molar-refractivity contribution in [3.8, 4) is 0 Å². The first-order valence-corrected chi connectivity index (χ1v) is 9.55. The van der Waals surface area contributed by atoms with E-state index in [-0.39, 0.29) is 17.8 Å². The number of hydrogen-bond acceptors (Lipinski definition) is 3. The molecule has 1 aromatic rings. The van der Waals surface area contributed by atoms with Crippen LogP contribution in [0.1, 0.15) is 74.2 Å². The molecule has 0 radical (unpaired) electrons. The molecule has 0 saturated heterocycles. The predicted molar refractivity (Wildman–Crippen MR) is 104 cm³/mol. The van der Waals surface area contributed by atoms with Gasteiger partial charge >= 0.3 is 5.97 Å². The summed E-state index contributed by atoms with van der Waals surface area (Å²) < 4.78 is 0. The molecule has 1 aromatic carbocycles. The number of aliphatic hydroxyl groups is 1. The second kappa shape index (κ2) is 12.4. The molecule has 2 N–H and O–H groups in total. The number of unbranched alkanes of at least 4 members (excludes halogenated alkanes) is 1. The minimum atomic E-state index is -0.917. The highest BCUT2D eigenvalue weighted by Gasteiger charge is 2.15. The maximum atomic E-state index is 11.9. The molecule has 0 saturated carbocycles. The van der Waals surface area contributed by atoms with Gasteiger partial charge in [0.2, 0.25) is 0 Å². The molecular weight excluding hydrogens is 328 g/mol. The summed E-state index contributed by atoms with van der Waals surface area (Å²) in [5.74, 6) is -0.652. The largest absolute Gasteiger partial charge is 0.478 e. The normalized spacial score (nSPS) is 13.2. The van der Waals surface area contributed by atoms with Gasteiger partial charge in [-0.2, -0.15) is 0 Å². The van der Waals surface area contributed by atoms with Crippen LogP contribution in [0.4, 0.5) is 0 Å². The summed E-state index contributed by atoms with van der Waals surface area (Å²) in [4.78, 5) is 22.7. The number of carboxylic acids is 1. The Kier molecular flexibility index (Phi) is 10.6. The quantitative estimate of drug-likeness (QED) is 0.369. The molecule has 0 aliphatic heterocycles. The lowest BCUT2D eigenvalue weighted by atomic mass is 9.90. The van der Waals surface area contributed by atoms with Crippen LogP contribution in [0.3, 0.4) is 0 Å². The minimum Gasteiger partial charge on any atom is -0.478 e. The third kappa shape index (κ3) is 8.95. The monoisotopic (exact) mass is 360 g/mol. The van der Waals surface area contributed by atoms with Gasteiger partial charge in [0.15, 0.2) is 0 Å². The van der Waals surface area contributed by atoms with Gasteiger partial charge in [-0.15, -0.1) is 6.58 Å². The molecule has 1 rings (SSSR count). The Balaban J connectivity index is 2.31. The topological polar surface area (TPSA) is 74.6 Å². The van der Waals surface area contributed by atoms with Crippen LogP contribution < -0.4 is 0 Å². The van der Waals surface area contributed by atoms with E-state index in [1.54, 1.807) is 19.1 Å². The van der Waals surface area contributed by atoms with E-state index in [1.165, 1.54) is 0 Å². The lowest BCUT2D eigenvalue weighted by Gasteiger charge is -2.15. The molecule has 0 amide bonds. The Morgan fingerprint density at radius 2 is 1.65 bits per heavy atom. The van der Waals surface area contributed by atoms with Gasteiger partial charge in [0.1, 0.15) is 5.78 Å². The zero-order valence-electron chi connectivity index (χ0n) is 15.8. The predicted octanol–water partition coefficient (Wildman–Crippen LogP) is 4.80. The first-order valence-electron chi connectivity index (χ1n) is 9.55. The Bertz CT molecular complexity index is 562. The maximum Gasteiger partial charge on any atom is 0.335 e. The van der Waals surface area contributed by atoms with Crippen LogP contribution in [0.15, 0.2) is 36.9 Å². The Morgan fingerprint density at radius 1 is 1.04 bits per heavy atom. The molecule has 4 nitrogen and oxygen atoms in total. The molecule has 2 unspecified atom stereocenters. The van der Waals surface area contributed by atoms with E-state index in [4.69, 9.17) is 5.11 Å². The average Bonchev–Trinajstić information content (AvgIpc) is 2.61. The van der Waals surface area contributed by atoms with E-state index in [0.29, 0.717) is 5.56 Å². The van der Waals surface area contributed by atoms with Gasteiger partial charge < -0.3 is 10.2 Å². The number of carbonyl (C=O) groups is 2. The van der Waals surface area contributed by atoms with E-state index < -0.39 is 5.97 Å². The smallest absolute Gasteiger partial charge is 0.335 e. The molecule has 0 fully saturated rings. The Morgan fingerprint density at radius 3 is 2.23 bits per heavy atom. The summed E-state index contributed by atoms with van der Waals surface area (Å²) in [7, 11) is 0. The van der Waals surface area contributed by atoms with Gasteiger partial charge in [-0.3, -0.25) is 4.79 Å². The van der Waals surface area contributed by atoms with Crippen LogP contribution in [-0.2, 0) is 11.2 Å². The number of aliphatic hydroxyl groups excluding tert-OH is 1. The van der Waals surface area contributed by atoms with Crippen molar-refractivity contribution < 1.29 is 19.8 Å². The second-order valence-corrected chi connectivity index (χ2v) is 7.01. The van der Waals surface area contributed by atoms with E-state index in [2.05, 4.69) is 6.58 Å². The first kappa shape index (κ1) is 22.1. The summed E-state index contributed by atoms with van der Waals surface area (Å²) >= 11 is 0. The fraction of sp³-hybridized carbons (Fsp3) is 0.545. The van der Waals surface area contributed by atoms with Crippen molar-refractivity contribution in [1.29, 1.82) is 0 Å². The van der Waals surface area contributed by atoms with E-state index in [1.807, 2.05) is 18.2 Å². The summed E-state index contributed by atoms with van der Waals surface area (Å²) in [5.41, 5.74) is 1.39. The Hall–Kier alpha value is -1.94. The lowest BCUT2D eigenvalue weighted by molar-refractivity contribution is -0.121. The number of carbonyl (C=O) groups excluding carboxylic acids is 1. The number of allylic oxidation sites excluding steroid dienone is 1. The molecule has 0 aromatic heterocycles. The molecule has 0 spiro atoms. The highest BCUT2D eigenvalue weighted by molar-refractivity contribution is 5.87. The molecular formula is C22H32O4. The molecule has 26 heavy (non-hydrogen) atoms. The van der Waals surface area contributed by atoms with Crippen LogP contribution in [0, 0.1) is 5.92 Å². The molecule has 0 bridgehead atoms. The number of aromatic carboxylic acids is 1. The molecule has 2 atom stereocenters. The van der Waals surface area contributed by atoms with Crippen LogP contribution in [0.2, 0.25) is 0 Å². The highest BCUT2D eigenvalue weighted by atomic mass is 16.4. The fourth-order valence-electron chi connectivity index (χ4n) is 3.16. The van der Waals surface area contributed by atoms with Gasteiger partial charge in [0.05, 0.1) is 11.7 Å². The van der Waals surface area contributed by atoms with Crippen LogP contribution >= 0.6 is 0 Å². The van der Waals surface area contributed by atoms with Gasteiger partial charge in [-0.1, -0.05) is 24.6 Å². The van der Waals surface area contributed by atoms with Crippen LogP contribution in [-0.4, -0.2) is 28.1 Å². The summed E-state index contributed by atoms with van der Waals surface area (Å²) in [6.45, 7) is 5.33. The number of aryl methyl sites for hydroxylation is 1. The van der Waals surface area contributed by atoms with Crippen molar-refractivity contribution in [2.24, 2.45) is 5.92 Å². The third-order valence-electron chi connectivity index (χ3n) is 4.83. The van der Waals surface area contributed by atoms with Crippen molar-refractivity contribution in [2.45, 2.75) is 70.8 Å². The van der Waals surface area contributed by atoms with Crippen molar-refractivity contribution in [2.75, 3.05) is 0 Å². The number of benzene rings is 1. The number of rotatable bonds is 14. The minimum absolute atomic E-state index is 0.0497. The summed E-state index contributed by atoms with van der Waals surface area (Å²) in [6.07, 6.45) is 9.29. The standard InChI is InChI=1S/C22H32O4/c1-3-4-5-11-21(24)12-7-10-19(17(2)23)9-6-8-18-13-15-20(16-14-18)22(25)26/h3,13-16,19,21,24H,1,4-12H2,2H3,(H,25,26). The third-order valence-corrected chi connectivity index (χ3v) is 4.83. The van der Waals surface area contributed by atoms with Crippen molar-refractivity contribution >= 4 is 11.8 Å². The van der Waals surface area contributed by atoms with Gasteiger partial charge in [-0.05, 0) is 76.0 Å². The highest BCUT2D eigenvalue weighted by Crippen LogP contribution is 2.20. The number of ketones is 1. The van der Waals surface area contributed by atoms with Crippen LogP contribution in [0.5, 0.6) is 0 Å². The van der Waals surface area contributed by atoms with Crippen LogP contribution in [0.25, 0.3) is 0 Å². The van der Waals surface area contributed by atoms with E-state index in [9.17, 15) is 14.7 Å². The molecule has 4 heteroatoms. The number of hydrogen-bond donors (Lipinski definition) is 2. The molecule has 0 aliphatic carbocycles. The zero-order valence-corrected chi connectivity index (χ0v) is 15.8. The van der Waals surface area contributed by atoms with Gasteiger partial charge in [-0.25, -0.2) is 4.79 Å². The van der Waals surface area contributed by atoms with Crippen molar-refractivity contribution in [1.82, 2.24) is 0 Å². The average molecular weight is 360 g/mol. The lowest BCUT2D eigenvalue weighted by Crippen LogP contribution is -2.13. The van der Waals surface area contributed by atoms with Crippen molar-refractivity contribution in [3.63, 3.8) is 0 Å². The summed E-state index contributed by atoms with van der Waals surface area (Å²) in [6, 6.07) is 6.92. The van der Waals surface area contributed by atoms with Crippen molar-refractivity contribution in [3.05, 3.63) is 48.0 Å². The van der Waals surface area contributed by atoms with Gasteiger partial charge in [0.25, 0.3) is 0 Å². The van der Waals surface area contributed by atoms with E-state index in [0.717, 1.165) is 63.4 Å². The van der Waals surface area contributed by atoms with E-state index >= 15 is 0 Å². The Labute approximate surface area is 156 Å². The SMILES string of the molecule is C=CCCCC(O)CCCC(CCCc1ccc(C(=O)O)cc1)C(C)=O. The summed E-state index contributed by atoms with van der Waals surface area (Å²) in [5, 5.41) is 18.9. The molecule has 144 valence electrons. The first-order chi connectivity index (χ1) is 12.4. The molecule has 0 heterocycles. The fourth-order valence-corrected chi connectivity index (χ4v) is 3.16. The van der Waals surface area contributed by atoms with Gasteiger partial charge in [0, 0.05) is 5.92 Å². The second-order valence-electron chi connectivity index (χ2n) is 7.01. The maximum absolute atomic E-state index is 11.9.